The summed E-state index contributed by atoms with van der Waals surface area (Å²) >= 11 is 0. The Bertz CT molecular complexity index is 186. The van der Waals surface area contributed by atoms with Crippen molar-refractivity contribution in [2.75, 3.05) is 0 Å². The van der Waals surface area contributed by atoms with E-state index in [-0.39, 0.29) is 11.5 Å². The fraction of sp³-hybridized carbons (Fsp3) is 1.00. The SMILES string of the molecule is CC(CCC(O)C(C)(C)C)C1CCCCC1. The molecule has 0 aromatic rings. The van der Waals surface area contributed by atoms with E-state index in [1.807, 2.05) is 0 Å². The third kappa shape index (κ3) is 4.45. The van der Waals surface area contributed by atoms with Crippen LogP contribution in [-0.2, 0) is 0 Å². The second-order valence-corrected chi connectivity index (χ2v) is 6.83. The van der Waals surface area contributed by atoms with Crippen LogP contribution in [0, 0.1) is 17.3 Å². The van der Waals surface area contributed by atoms with Crippen LogP contribution in [0.2, 0.25) is 0 Å². The molecule has 0 aromatic heterocycles. The van der Waals surface area contributed by atoms with Crippen molar-refractivity contribution in [3.8, 4) is 0 Å². The first-order valence-electron chi connectivity index (χ1n) is 7.09. The van der Waals surface area contributed by atoms with E-state index in [9.17, 15) is 5.11 Å². The number of hydrogen-bond acceptors (Lipinski definition) is 1. The van der Waals surface area contributed by atoms with E-state index in [4.69, 9.17) is 0 Å². The second kappa shape index (κ2) is 6.05. The van der Waals surface area contributed by atoms with Gasteiger partial charge in [-0.15, -0.1) is 0 Å². The van der Waals surface area contributed by atoms with Crippen LogP contribution >= 0.6 is 0 Å². The molecule has 0 heterocycles. The van der Waals surface area contributed by atoms with E-state index >= 15 is 0 Å². The minimum absolute atomic E-state index is 0.0479. The summed E-state index contributed by atoms with van der Waals surface area (Å²) in [5.74, 6) is 1.73. The summed E-state index contributed by atoms with van der Waals surface area (Å²) < 4.78 is 0. The Kier molecular flexibility index (Phi) is 5.30. The molecule has 0 saturated heterocycles. The lowest BCUT2D eigenvalue weighted by atomic mass is 9.77. The van der Waals surface area contributed by atoms with Gasteiger partial charge in [0, 0.05) is 0 Å². The van der Waals surface area contributed by atoms with E-state index in [2.05, 4.69) is 27.7 Å². The van der Waals surface area contributed by atoms with Gasteiger partial charge in [0.2, 0.25) is 0 Å². The van der Waals surface area contributed by atoms with E-state index < -0.39 is 0 Å². The molecule has 1 saturated carbocycles. The van der Waals surface area contributed by atoms with E-state index in [1.165, 1.54) is 38.5 Å². The second-order valence-electron chi connectivity index (χ2n) is 6.83. The van der Waals surface area contributed by atoms with Crippen LogP contribution in [0.3, 0.4) is 0 Å². The van der Waals surface area contributed by atoms with Crippen LogP contribution in [0.4, 0.5) is 0 Å². The maximum absolute atomic E-state index is 10.0. The number of rotatable bonds is 4. The Morgan fingerprint density at radius 3 is 2.12 bits per heavy atom. The molecule has 16 heavy (non-hydrogen) atoms. The molecule has 1 N–H and O–H groups in total. The summed E-state index contributed by atoms with van der Waals surface area (Å²) in [6, 6.07) is 0. The van der Waals surface area contributed by atoms with Crippen LogP contribution in [0.5, 0.6) is 0 Å². The molecule has 1 aliphatic rings. The van der Waals surface area contributed by atoms with Crippen molar-refractivity contribution in [2.24, 2.45) is 17.3 Å². The lowest BCUT2D eigenvalue weighted by Crippen LogP contribution is -2.27. The monoisotopic (exact) mass is 226 g/mol. The molecule has 2 atom stereocenters. The molecule has 0 bridgehead atoms. The van der Waals surface area contributed by atoms with Crippen molar-refractivity contribution in [3.05, 3.63) is 0 Å². The number of aliphatic hydroxyl groups is 1. The smallest absolute Gasteiger partial charge is 0.0588 e. The van der Waals surface area contributed by atoms with Gasteiger partial charge in [-0.2, -0.15) is 0 Å². The third-order valence-corrected chi connectivity index (χ3v) is 4.35. The van der Waals surface area contributed by atoms with Gasteiger partial charge in [-0.05, 0) is 30.1 Å². The molecule has 0 aliphatic heterocycles. The zero-order chi connectivity index (χ0) is 12.2. The van der Waals surface area contributed by atoms with Crippen molar-refractivity contribution in [2.45, 2.75) is 78.7 Å². The zero-order valence-corrected chi connectivity index (χ0v) is 11.6. The van der Waals surface area contributed by atoms with Crippen LogP contribution in [0.15, 0.2) is 0 Å². The lowest BCUT2D eigenvalue weighted by Gasteiger charge is -2.31. The van der Waals surface area contributed by atoms with E-state index in [0.29, 0.717) is 0 Å². The summed E-state index contributed by atoms with van der Waals surface area (Å²) in [5, 5.41) is 10.0. The summed E-state index contributed by atoms with van der Waals surface area (Å²) in [4.78, 5) is 0. The Morgan fingerprint density at radius 2 is 1.62 bits per heavy atom. The van der Waals surface area contributed by atoms with Gasteiger partial charge in [-0.1, -0.05) is 59.8 Å². The summed E-state index contributed by atoms with van der Waals surface area (Å²) in [6.45, 7) is 8.76. The van der Waals surface area contributed by atoms with Crippen molar-refractivity contribution < 1.29 is 5.11 Å². The molecule has 2 unspecified atom stereocenters. The highest BCUT2D eigenvalue weighted by Crippen LogP contribution is 2.33. The summed E-state index contributed by atoms with van der Waals surface area (Å²) in [6.07, 6.45) is 9.17. The van der Waals surface area contributed by atoms with Gasteiger partial charge in [0.25, 0.3) is 0 Å². The first kappa shape index (κ1) is 14.0. The molecule has 0 radical (unpaired) electrons. The topological polar surface area (TPSA) is 20.2 Å². The first-order chi connectivity index (χ1) is 7.41. The van der Waals surface area contributed by atoms with Crippen molar-refractivity contribution in [3.63, 3.8) is 0 Å². The predicted octanol–water partition coefficient (Wildman–Crippen LogP) is 4.39. The Labute approximate surface area is 102 Å². The predicted molar refractivity (Wildman–Crippen MR) is 70.4 cm³/mol. The number of aliphatic hydroxyl groups excluding tert-OH is 1. The molecule has 1 nitrogen and oxygen atoms in total. The lowest BCUT2D eigenvalue weighted by molar-refractivity contribution is 0.0468. The highest BCUT2D eigenvalue weighted by molar-refractivity contribution is 4.76. The molecular weight excluding hydrogens is 196 g/mol. The zero-order valence-electron chi connectivity index (χ0n) is 11.6. The van der Waals surface area contributed by atoms with Gasteiger partial charge < -0.3 is 5.11 Å². The normalized spacial score (nSPS) is 23.1. The highest BCUT2D eigenvalue weighted by Gasteiger charge is 2.25. The standard InChI is InChI=1S/C15H30O/c1-12(13-8-6-5-7-9-13)10-11-14(16)15(2,3)4/h12-14,16H,5-11H2,1-4H3. The molecular formula is C15H30O. The van der Waals surface area contributed by atoms with E-state index in [1.54, 1.807) is 0 Å². The van der Waals surface area contributed by atoms with Crippen LogP contribution in [0.25, 0.3) is 0 Å². The van der Waals surface area contributed by atoms with Gasteiger partial charge in [0.05, 0.1) is 6.10 Å². The number of hydrogen-bond donors (Lipinski definition) is 1. The molecule has 0 spiro atoms. The van der Waals surface area contributed by atoms with Gasteiger partial charge >= 0.3 is 0 Å². The van der Waals surface area contributed by atoms with Crippen LogP contribution < -0.4 is 0 Å². The van der Waals surface area contributed by atoms with Crippen molar-refractivity contribution in [1.82, 2.24) is 0 Å². The van der Waals surface area contributed by atoms with Gasteiger partial charge in [-0.25, -0.2) is 0 Å². The van der Waals surface area contributed by atoms with Gasteiger partial charge in [-0.3, -0.25) is 0 Å². The summed E-state index contributed by atoms with van der Waals surface area (Å²) in [5.41, 5.74) is 0.0479. The highest BCUT2D eigenvalue weighted by atomic mass is 16.3. The van der Waals surface area contributed by atoms with Gasteiger partial charge in [0.1, 0.15) is 0 Å². The Hall–Kier alpha value is -0.0400. The largest absolute Gasteiger partial charge is 0.393 e. The molecule has 1 rings (SSSR count). The minimum Gasteiger partial charge on any atom is -0.393 e. The molecule has 96 valence electrons. The van der Waals surface area contributed by atoms with Crippen molar-refractivity contribution in [1.29, 1.82) is 0 Å². The summed E-state index contributed by atoms with van der Waals surface area (Å²) in [7, 11) is 0. The quantitative estimate of drug-likeness (QED) is 0.753. The molecule has 0 amide bonds. The average Bonchev–Trinajstić information content (AvgIpc) is 2.25. The maximum Gasteiger partial charge on any atom is 0.0588 e. The fourth-order valence-electron chi connectivity index (χ4n) is 2.79. The molecule has 0 aromatic carbocycles. The Morgan fingerprint density at radius 1 is 1.06 bits per heavy atom. The Balaban J connectivity index is 2.26. The maximum atomic E-state index is 10.0. The average molecular weight is 226 g/mol. The van der Waals surface area contributed by atoms with Crippen LogP contribution in [-0.4, -0.2) is 11.2 Å². The van der Waals surface area contributed by atoms with Gasteiger partial charge in [0.15, 0.2) is 0 Å². The van der Waals surface area contributed by atoms with E-state index in [0.717, 1.165) is 18.3 Å². The molecule has 1 aliphatic carbocycles. The fourth-order valence-corrected chi connectivity index (χ4v) is 2.79. The molecule has 1 heteroatoms. The van der Waals surface area contributed by atoms with Crippen LogP contribution in [0.1, 0.15) is 72.6 Å². The minimum atomic E-state index is -0.140. The first-order valence-corrected chi connectivity index (χ1v) is 7.09. The third-order valence-electron chi connectivity index (χ3n) is 4.35. The molecule has 1 fully saturated rings. The van der Waals surface area contributed by atoms with Crippen molar-refractivity contribution >= 4 is 0 Å².